The van der Waals surface area contributed by atoms with E-state index in [1.165, 1.54) is 7.11 Å². The Bertz CT molecular complexity index is 868. The van der Waals surface area contributed by atoms with Crippen LogP contribution < -0.4 is 5.32 Å². The molecule has 3 rings (SSSR count). The van der Waals surface area contributed by atoms with Crippen molar-refractivity contribution in [2.75, 3.05) is 7.11 Å². The molecule has 1 heterocycles. The minimum atomic E-state index is -0.351. The number of hydrogen-bond donors (Lipinski definition) is 1. The van der Waals surface area contributed by atoms with Crippen molar-refractivity contribution in [1.82, 2.24) is 5.32 Å². The van der Waals surface area contributed by atoms with Gasteiger partial charge >= 0.3 is 5.97 Å². The molecule has 0 amide bonds. The van der Waals surface area contributed by atoms with Crippen LogP contribution in [0, 0.1) is 0 Å². The molecule has 128 valence electrons. The molecule has 0 radical (unpaired) electrons. The molecule has 1 atom stereocenters. The van der Waals surface area contributed by atoms with Crippen LogP contribution in [0.5, 0.6) is 0 Å². The highest BCUT2D eigenvalue weighted by Crippen LogP contribution is 2.45. The Balaban J connectivity index is 2.27. The Morgan fingerprint density at radius 3 is 2.28 bits per heavy atom. The third-order valence-corrected chi connectivity index (χ3v) is 4.81. The Hall–Kier alpha value is -2.52. The van der Waals surface area contributed by atoms with E-state index in [9.17, 15) is 4.79 Å². The van der Waals surface area contributed by atoms with E-state index in [0.717, 1.165) is 28.1 Å². The lowest BCUT2D eigenvalue weighted by molar-refractivity contribution is -0.136. The van der Waals surface area contributed by atoms with Gasteiger partial charge in [0.25, 0.3) is 0 Å². The van der Waals surface area contributed by atoms with E-state index < -0.39 is 0 Å². The van der Waals surface area contributed by atoms with E-state index in [-0.39, 0.29) is 11.9 Å². The zero-order valence-electron chi connectivity index (χ0n) is 14.5. The molecule has 1 N–H and O–H groups in total. The third-order valence-electron chi connectivity index (χ3n) is 4.47. The summed E-state index contributed by atoms with van der Waals surface area (Å²) in [6.07, 6.45) is 0. The smallest absolute Gasteiger partial charge is 0.336 e. The van der Waals surface area contributed by atoms with Gasteiger partial charge in [0.2, 0.25) is 0 Å². The molecule has 25 heavy (non-hydrogen) atoms. The summed E-state index contributed by atoms with van der Waals surface area (Å²) in [5, 5.41) is 3.96. The van der Waals surface area contributed by atoms with Crippen molar-refractivity contribution < 1.29 is 9.53 Å². The largest absolute Gasteiger partial charge is 0.466 e. The number of rotatable bonds is 3. The van der Waals surface area contributed by atoms with Gasteiger partial charge < -0.3 is 10.1 Å². The number of esters is 1. The van der Waals surface area contributed by atoms with Crippen LogP contribution in [-0.2, 0) is 9.53 Å². The van der Waals surface area contributed by atoms with Crippen molar-refractivity contribution in [1.29, 1.82) is 0 Å². The molecular weight excluding hydrogens is 334 g/mol. The first-order chi connectivity index (χ1) is 12.0. The van der Waals surface area contributed by atoms with E-state index in [1.54, 1.807) is 0 Å². The fraction of sp³-hybridized carbons (Fsp3) is 0.190. The van der Waals surface area contributed by atoms with Gasteiger partial charge in [0.15, 0.2) is 0 Å². The van der Waals surface area contributed by atoms with Crippen molar-refractivity contribution in [2.24, 2.45) is 0 Å². The number of benzene rings is 2. The maximum atomic E-state index is 12.6. The molecule has 0 bridgehead atoms. The average molecular weight is 354 g/mol. The van der Waals surface area contributed by atoms with Crippen LogP contribution >= 0.6 is 11.6 Å². The summed E-state index contributed by atoms with van der Waals surface area (Å²) in [6, 6.07) is 17.7. The Kier molecular flexibility index (Phi) is 4.95. The molecule has 0 spiro atoms. The first kappa shape index (κ1) is 17.3. The molecule has 1 unspecified atom stereocenters. The predicted octanol–water partition coefficient (Wildman–Crippen LogP) is 4.91. The minimum absolute atomic E-state index is 0.287. The van der Waals surface area contributed by atoms with Crippen molar-refractivity contribution >= 4 is 23.1 Å². The van der Waals surface area contributed by atoms with Crippen LogP contribution in [0.3, 0.4) is 0 Å². The molecule has 4 heteroatoms. The van der Waals surface area contributed by atoms with E-state index >= 15 is 0 Å². The zero-order valence-corrected chi connectivity index (χ0v) is 15.2. The van der Waals surface area contributed by atoms with Crippen molar-refractivity contribution in [2.45, 2.75) is 19.8 Å². The highest BCUT2D eigenvalue weighted by molar-refractivity contribution is 6.31. The van der Waals surface area contributed by atoms with Crippen molar-refractivity contribution in [3.8, 4) is 0 Å². The van der Waals surface area contributed by atoms with Crippen LogP contribution in [0.25, 0.3) is 5.57 Å². The number of allylic oxidation sites excluding steroid dienone is 3. The number of ether oxygens (including phenoxy) is 1. The standard InChI is InChI=1S/C21H20ClNO2/c1-13-18(15-9-5-4-6-10-15)20(16-11-7-8-12-17(16)22)19(14(2)23-13)21(24)25-3/h4-12,20,23H,1-3H3. The van der Waals surface area contributed by atoms with Gasteiger partial charge in [0.05, 0.1) is 12.7 Å². The lowest BCUT2D eigenvalue weighted by Gasteiger charge is -2.32. The first-order valence-corrected chi connectivity index (χ1v) is 8.49. The summed E-state index contributed by atoms with van der Waals surface area (Å²) in [7, 11) is 1.40. The van der Waals surface area contributed by atoms with E-state index in [0.29, 0.717) is 10.6 Å². The fourth-order valence-electron chi connectivity index (χ4n) is 3.40. The average Bonchev–Trinajstić information content (AvgIpc) is 2.62. The summed E-state index contributed by atoms with van der Waals surface area (Å²) in [5.74, 6) is -0.638. The topological polar surface area (TPSA) is 38.3 Å². The Morgan fingerprint density at radius 2 is 1.64 bits per heavy atom. The van der Waals surface area contributed by atoms with Gasteiger partial charge in [0, 0.05) is 22.3 Å². The van der Waals surface area contributed by atoms with Gasteiger partial charge in [-0.2, -0.15) is 0 Å². The van der Waals surface area contributed by atoms with Gasteiger partial charge in [-0.05, 0) is 36.6 Å². The molecule has 3 nitrogen and oxygen atoms in total. The summed E-state index contributed by atoms with van der Waals surface area (Å²) in [6.45, 7) is 3.91. The third kappa shape index (κ3) is 3.20. The molecule has 1 aliphatic rings. The number of carbonyl (C=O) groups is 1. The van der Waals surface area contributed by atoms with Crippen LogP contribution in [0.2, 0.25) is 5.02 Å². The lowest BCUT2D eigenvalue weighted by atomic mass is 9.77. The monoisotopic (exact) mass is 353 g/mol. The van der Waals surface area contributed by atoms with E-state index in [2.05, 4.69) is 5.32 Å². The van der Waals surface area contributed by atoms with Crippen molar-refractivity contribution in [3.05, 3.63) is 87.7 Å². The Labute approximate surface area is 153 Å². The van der Waals surface area contributed by atoms with Gasteiger partial charge in [-0.3, -0.25) is 0 Å². The highest BCUT2D eigenvalue weighted by Gasteiger charge is 2.35. The van der Waals surface area contributed by atoms with Crippen LogP contribution in [0.4, 0.5) is 0 Å². The van der Waals surface area contributed by atoms with Gasteiger partial charge in [-0.25, -0.2) is 4.79 Å². The first-order valence-electron chi connectivity index (χ1n) is 8.11. The minimum Gasteiger partial charge on any atom is -0.466 e. The number of nitrogens with one attached hydrogen (secondary N) is 1. The SMILES string of the molecule is COC(=O)C1=C(C)NC(C)=C(c2ccccc2)C1c1ccccc1Cl. The number of halogens is 1. The molecule has 0 aliphatic carbocycles. The predicted molar refractivity (Wildman–Crippen MR) is 101 cm³/mol. The number of dihydropyridines is 1. The molecule has 0 fully saturated rings. The number of hydrogen-bond acceptors (Lipinski definition) is 3. The Morgan fingerprint density at radius 1 is 1.00 bits per heavy atom. The maximum Gasteiger partial charge on any atom is 0.336 e. The van der Waals surface area contributed by atoms with Crippen LogP contribution in [-0.4, -0.2) is 13.1 Å². The fourth-order valence-corrected chi connectivity index (χ4v) is 3.64. The zero-order chi connectivity index (χ0) is 18.0. The molecule has 0 aromatic heterocycles. The highest BCUT2D eigenvalue weighted by atomic mass is 35.5. The van der Waals surface area contributed by atoms with Crippen LogP contribution in [0.15, 0.2) is 71.6 Å². The van der Waals surface area contributed by atoms with E-state index in [4.69, 9.17) is 16.3 Å². The summed E-state index contributed by atoms with van der Waals surface area (Å²) < 4.78 is 5.07. The second-order valence-electron chi connectivity index (χ2n) is 6.01. The molecule has 0 saturated heterocycles. The summed E-state index contributed by atoms with van der Waals surface area (Å²) >= 11 is 6.50. The molecule has 1 aliphatic heterocycles. The van der Waals surface area contributed by atoms with Gasteiger partial charge in [-0.1, -0.05) is 60.1 Å². The number of carbonyl (C=O) groups excluding carboxylic acids is 1. The molecule has 2 aromatic rings. The number of methoxy groups -OCH3 is 1. The lowest BCUT2D eigenvalue weighted by Crippen LogP contribution is -2.28. The molecule has 0 saturated carbocycles. The second-order valence-corrected chi connectivity index (χ2v) is 6.42. The molecule has 2 aromatic carbocycles. The van der Waals surface area contributed by atoms with Crippen molar-refractivity contribution in [3.63, 3.8) is 0 Å². The summed E-state index contributed by atoms with van der Waals surface area (Å²) in [5.41, 5.74) is 5.34. The van der Waals surface area contributed by atoms with Gasteiger partial charge in [-0.15, -0.1) is 0 Å². The summed E-state index contributed by atoms with van der Waals surface area (Å²) in [4.78, 5) is 12.6. The maximum absolute atomic E-state index is 12.6. The normalized spacial score (nSPS) is 17.4. The molecular formula is C21H20ClNO2. The quantitative estimate of drug-likeness (QED) is 0.797. The van der Waals surface area contributed by atoms with Crippen LogP contribution in [0.1, 0.15) is 30.9 Å². The van der Waals surface area contributed by atoms with Gasteiger partial charge in [0.1, 0.15) is 0 Å². The second kappa shape index (κ2) is 7.16. The van der Waals surface area contributed by atoms with E-state index in [1.807, 2.05) is 68.4 Å².